The van der Waals surface area contributed by atoms with Crippen molar-refractivity contribution in [3.63, 3.8) is 0 Å². The monoisotopic (exact) mass is 492 g/mol. The molecule has 0 bridgehead atoms. The number of nitrogens with zero attached hydrogens (tertiary/aromatic N) is 2. The highest BCUT2D eigenvalue weighted by Gasteiger charge is 2.44. The van der Waals surface area contributed by atoms with Gasteiger partial charge in [0, 0.05) is 11.8 Å². The summed E-state index contributed by atoms with van der Waals surface area (Å²) >= 11 is 5.53. The number of ether oxygens (including phenoxy) is 1. The molecule has 2 heterocycles. The largest absolute Gasteiger partial charge is 0.494 e. The first-order chi connectivity index (χ1) is 17.0. The Morgan fingerprint density at radius 3 is 2.60 bits per heavy atom. The molecule has 1 aromatic heterocycles. The van der Waals surface area contributed by atoms with Crippen LogP contribution in [0.4, 0.5) is 5.69 Å². The van der Waals surface area contributed by atoms with Crippen LogP contribution in [0.5, 0.6) is 5.75 Å². The Hall–Kier alpha value is -4.18. The maximum atomic E-state index is 13.3. The molecule has 2 aromatic carbocycles. The third-order valence-electron chi connectivity index (χ3n) is 5.26. The summed E-state index contributed by atoms with van der Waals surface area (Å²) in [5.74, 6) is -0.723. The van der Waals surface area contributed by atoms with Crippen LogP contribution in [-0.4, -0.2) is 45.4 Å². The molecule has 9 nitrogen and oxygen atoms in total. The number of carbonyl (C=O) groups is 3. The number of benzene rings is 2. The van der Waals surface area contributed by atoms with E-state index in [2.05, 4.69) is 10.7 Å². The van der Waals surface area contributed by atoms with Crippen molar-refractivity contribution in [2.24, 2.45) is 0 Å². The summed E-state index contributed by atoms with van der Waals surface area (Å²) < 4.78 is 10.6. The predicted octanol–water partition coefficient (Wildman–Crippen LogP) is 3.35. The fraction of sp³-hybridized carbons (Fsp3) is 0.200. The van der Waals surface area contributed by atoms with Gasteiger partial charge < -0.3 is 14.5 Å². The minimum Gasteiger partial charge on any atom is -0.494 e. The lowest BCUT2D eigenvalue weighted by Crippen LogP contribution is -2.49. The van der Waals surface area contributed by atoms with Crippen LogP contribution in [-0.2, 0) is 16.1 Å². The smallest absolute Gasteiger partial charge is 0.305 e. The molecule has 1 atom stereocenters. The van der Waals surface area contributed by atoms with Crippen molar-refractivity contribution in [2.45, 2.75) is 25.9 Å². The number of amides is 3. The van der Waals surface area contributed by atoms with Gasteiger partial charge in [0.25, 0.3) is 5.91 Å². The van der Waals surface area contributed by atoms with Gasteiger partial charge in [-0.1, -0.05) is 36.4 Å². The van der Waals surface area contributed by atoms with Gasteiger partial charge in [0.05, 0.1) is 25.8 Å². The van der Waals surface area contributed by atoms with Crippen molar-refractivity contribution >= 4 is 40.7 Å². The van der Waals surface area contributed by atoms with E-state index in [0.29, 0.717) is 18.0 Å². The van der Waals surface area contributed by atoms with E-state index in [0.717, 1.165) is 5.56 Å². The fourth-order valence-corrected chi connectivity index (χ4v) is 3.98. The normalized spacial score (nSPS) is 15.3. The molecule has 1 aliphatic rings. The number of anilines is 1. The first-order valence-electron chi connectivity index (χ1n) is 11.0. The summed E-state index contributed by atoms with van der Waals surface area (Å²) in [6.45, 7) is 2.57. The zero-order valence-corrected chi connectivity index (χ0v) is 19.8. The predicted molar refractivity (Wildman–Crippen MR) is 132 cm³/mol. The molecule has 0 aliphatic carbocycles. The lowest BCUT2D eigenvalue weighted by Gasteiger charge is -2.23. The van der Waals surface area contributed by atoms with Gasteiger partial charge in [0.15, 0.2) is 10.9 Å². The van der Waals surface area contributed by atoms with E-state index < -0.39 is 23.8 Å². The Morgan fingerprint density at radius 1 is 1.09 bits per heavy atom. The summed E-state index contributed by atoms with van der Waals surface area (Å²) in [6.07, 6.45) is 1.13. The number of carbonyl (C=O) groups excluding carboxylic acids is 3. The van der Waals surface area contributed by atoms with Gasteiger partial charge in [-0.3, -0.25) is 24.7 Å². The Bertz CT molecular complexity index is 1220. The van der Waals surface area contributed by atoms with Crippen LogP contribution in [0.25, 0.3) is 0 Å². The van der Waals surface area contributed by atoms with Crippen LogP contribution < -0.4 is 15.5 Å². The van der Waals surface area contributed by atoms with Crippen LogP contribution in [0, 0.1) is 0 Å². The highest BCUT2D eigenvalue weighted by Crippen LogP contribution is 2.23. The third-order valence-corrected chi connectivity index (χ3v) is 5.67. The minimum absolute atomic E-state index is 0.0534. The summed E-state index contributed by atoms with van der Waals surface area (Å²) in [6, 6.07) is 18.3. The van der Waals surface area contributed by atoms with E-state index in [1.807, 2.05) is 37.3 Å². The Kier molecular flexibility index (Phi) is 7.41. The van der Waals surface area contributed by atoms with Crippen LogP contribution >= 0.6 is 12.2 Å². The first-order valence-corrected chi connectivity index (χ1v) is 11.4. The highest BCUT2D eigenvalue weighted by atomic mass is 32.1. The maximum Gasteiger partial charge on any atom is 0.305 e. The standard InChI is InChI=1S/C25H24N4O5S/c1-2-33-19-11-6-10-18(14-19)26-22(30)15-20-24(32)28(16-17-8-4-3-5-9-17)25(35)29(20)27-23(31)21-12-7-13-34-21/h3-14,20H,2,15-16H2,1H3,(H,26,30)(H,27,31). The second-order valence-corrected chi connectivity index (χ2v) is 8.07. The van der Waals surface area contributed by atoms with E-state index in [1.165, 1.54) is 22.2 Å². The van der Waals surface area contributed by atoms with Crippen molar-refractivity contribution in [3.8, 4) is 5.75 Å². The maximum absolute atomic E-state index is 13.3. The number of hydrazine groups is 1. The average molecular weight is 493 g/mol. The summed E-state index contributed by atoms with van der Waals surface area (Å²) in [5.41, 5.74) is 4.01. The third kappa shape index (κ3) is 5.67. The zero-order chi connectivity index (χ0) is 24.8. The van der Waals surface area contributed by atoms with E-state index >= 15 is 0 Å². The molecule has 1 fully saturated rings. The Labute approximate surface area is 207 Å². The van der Waals surface area contributed by atoms with Gasteiger partial charge in [0.1, 0.15) is 11.8 Å². The molecule has 4 rings (SSSR count). The molecule has 0 spiro atoms. The van der Waals surface area contributed by atoms with Crippen LogP contribution in [0.3, 0.4) is 0 Å². The van der Waals surface area contributed by atoms with Crippen molar-refractivity contribution in [1.29, 1.82) is 0 Å². The quantitative estimate of drug-likeness (QED) is 0.442. The van der Waals surface area contributed by atoms with Crippen LogP contribution in [0.15, 0.2) is 77.4 Å². The molecule has 0 radical (unpaired) electrons. The minimum atomic E-state index is -1.03. The molecule has 3 aromatic rings. The SMILES string of the molecule is CCOc1cccc(NC(=O)CC2C(=O)N(Cc3ccccc3)C(=S)N2NC(=O)c2ccco2)c1. The van der Waals surface area contributed by atoms with Gasteiger partial charge in [-0.25, -0.2) is 5.01 Å². The Balaban J connectivity index is 1.53. The lowest BCUT2D eigenvalue weighted by atomic mass is 10.1. The first kappa shape index (κ1) is 24.0. The van der Waals surface area contributed by atoms with Crippen LogP contribution in [0.2, 0.25) is 0 Å². The molecule has 2 N–H and O–H groups in total. The zero-order valence-electron chi connectivity index (χ0n) is 19.0. The van der Waals surface area contributed by atoms with Crippen LogP contribution in [0.1, 0.15) is 29.5 Å². The molecular formula is C25H24N4O5S. The lowest BCUT2D eigenvalue weighted by molar-refractivity contribution is -0.131. The summed E-state index contributed by atoms with van der Waals surface area (Å²) in [5, 5.41) is 4.12. The second kappa shape index (κ2) is 10.8. The summed E-state index contributed by atoms with van der Waals surface area (Å²) in [7, 11) is 0. The molecule has 180 valence electrons. The topological polar surface area (TPSA) is 104 Å². The molecule has 1 saturated heterocycles. The van der Waals surface area contributed by atoms with E-state index in [-0.39, 0.29) is 23.8 Å². The van der Waals surface area contributed by atoms with Gasteiger partial charge in [-0.05, 0) is 49.0 Å². The van der Waals surface area contributed by atoms with E-state index in [4.69, 9.17) is 21.4 Å². The highest BCUT2D eigenvalue weighted by molar-refractivity contribution is 7.80. The molecule has 35 heavy (non-hydrogen) atoms. The van der Waals surface area contributed by atoms with Gasteiger partial charge in [-0.2, -0.15) is 0 Å². The number of thiocarbonyl (C=S) groups is 1. The van der Waals surface area contributed by atoms with Gasteiger partial charge >= 0.3 is 5.91 Å². The van der Waals surface area contributed by atoms with Gasteiger partial charge in [0.2, 0.25) is 5.91 Å². The van der Waals surface area contributed by atoms with E-state index in [1.54, 1.807) is 30.3 Å². The number of rotatable bonds is 9. The fourth-order valence-electron chi connectivity index (χ4n) is 3.65. The number of furan rings is 1. The Morgan fingerprint density at radius 2 is 1.89 bits per heavy atom. The number of hydrogen-bond acceptors (Lipinski definition) is 6. The molecule has 10 heteroatoms. The van der Waals surface area contributed by atoms with Crippen molar-refractivity contribution in [2.75, 3.05) is 11.9 Å². The van der Waals surface area contributed by atoms with Crippen molar-refractivity contribution in [1.82, 2.24) is 15.3 Å². The molecule has 1 aliphatic heterocycles. The average Bonchev–Trinajstić information content (AvgIpc) is 3.46. The molecule has 0 saturated carbocycles. The molecule has 1 unspecified atom stereocenters. The van der Waals surface area contributed by atoms with Gasteiger partial charge in [-0.15, -0.1) is 0 Å². The van der Waals surface area contributed by atoms with Crippen molar-refractivity contribution in [3.05, 3.63) is 84.3 Å². The second-order valence-electron chi connectivity index (χ2n) is 7.71. The van der Waals surface area contributed by atoms with E-state index in [9.17, 15) is 14.4 Å². The number of hydrogen-bond donors (Lipinski definition) is 2. The summed E-state index contributed by atoms with van der Waals surface area (Å²) in [4.78, 5) is 40.3. The number of nitrogens with one attached hydrogen (secondary N) is 2. The van der Waals surface area contributed by atoms with Crippen molar-refractivity contribution < 1.29 is 23.5 Å². The molecule has 3 amide bonds. The molecular weight excluding hydrogens is 468 g/mol.